The summed E-state index contributed by atoms with van der Waals surface area (Å²) >= 11 is 0. The second kappa shape index (κ2) is 7.21. The molecule has 2 aromatic rings. The molecule has 0 aromatic carbocycles. The number of carbonyl (C=O) groups excluding carboxylic acids is 1. The van der Waals surface area contributed by atoms with Crippen LogP contribution in [0.4, 0.5) is 5.82 Å². The molecule has 1 atom stereocenters. The van der Waals surface area contributed by atoms with Gasteiger partial charge in [0, 0.05) is 44.9 Å². The van der Waals surface area contributed by atoms with Crippen LogP contribution >= 0.6 is 0 Å². The molecule has 0 aliphatic carbocycles. The summed E-state index contributed by atoms with van der Waals surface area (Å²) < 4.78 is 1.67. The Morgan fingerprint density at radius 2 is 2.22 bits per heavy atom. The topological polar surface area (TPSA) is 75.9 Å². The van der Waals surface area contributed by atoms with Crippen LogP contribution in [0.2, 0.25) is 0 Å². The van der Waals surface area contributed by atoms with Crippen LogP contribution in [0.15, 0.2) is 30.9 Å². The Morgan fingerprint density at radius 3 is 3.00 bits per heavy atom. The molecular weight excluding hydrogens is 292 g/mol. The molecular formula is C16H22N6O. The van der Waals surface area contributed by atoms with Gasteiger partial charge in [0.2, 0.25) is 5.91 Å². The maximum atomic E-state index is 12.4. The zero-order chi connectivity index (χ0) is 16.1. The number of aromatic nitrogens is 4. The van der Waals surface area contributed by atoms with Crippen molar-refractivity contribution in [3.05, 3.63) is 36.5 Å². The maximum Gasteiger partial charge on any atom is 0.244 e. The molecule has 0 spiro atoms. The Labute approximate surface area is 135 Å². The lowest BCUT2D eigenvalue weighted by molar-refractivity contribution is -0.133. The highest BCUT2D eigenvalue weighted by atomic mass is 16.2. The van der Waals surface area contributed by atoms with Crippen molar-refractivity contribution in [3.63, 3.8) is 0 Å². The minimum Gasteiger partial charge on any atom is -0.372 e. The summed E-state index contributed by atoms with van der Waals surface area (Å²) in [6, 6.07) is 1.83. The van der Waals surface area contributed by atoms with Crippen molar-refractivity contribution in [2.75, 3.05) is 25.5 Å². The van der Waals surface area contributed by atoms with E-state index in [1.54, 1.807) is 23.3 Å². The zero-order valence-corrected chi connectivity index (χ0v) is 13.4. The van der Waals surface area contributed by atoms with Crippen molar-refractivity contribution >= 4 is 11.7 Å². The van der Waals surface area contributed by atoms with Crippen molar-refractivity contribution in [2.45, 2.75) is 25.8 Å². The van der Waals surface area contributed by atoms with Crippen molar-refractivity contribution in [1.82, 2.24) is 24.6 Å². The first-order valence-electron chi connectivity index (χ1n) is 7.99. The molecule has 1 amide bonds. The van der Waals surface area contributed by atoms with E-state index in [2.05, 4.69) is 20.4 Å². The molecule has 3 rings (SSSR count). The minimum atomic E-state index is 0.131. The van der Waals surface area contributed by atoms with Gasteiger partial charge in [0.05, 0.1) is 5.69 Å². The highest BCUT2D eigenvalue weighted by Gasteiger charge is 2.25. The Morgan fingerprint density at radius 1 is 1.35 bits per heavy atom. The summed E-state index contributed by atoms with van der Waals surface area (Å²) in [7, 11) is 1.86. The average molecular weight is 314 g/mol. The van der Waals surface area contributed by atoms with E-state index in [9.17, 15) is 4.79 Å². The monoisotopic (exact) mass is 314 g/mol. The predicted octanol–water partition coefficient (Wildman–Crippen LogP) is 1.20. The smallest absolute Gasteiger partial charge is 0.244 e. The lowest BCUT2D eigenvalue weighted by Crippen LogP contribution is -2.42. The molecule has 1 fully saturated rings. The number of nitrogens with one attached hydrogen (secondary N) is 1. The molecule has 7 heteroatoms. The third kappa shape index (κ3) is 3.85. The lowest BCUT2D eigenvalue weighted by Gasteiger charge is -2.32. The van der Waals surface area contributed by atoms with Crippen LogP contribution in [0.3, 0.4) is 0 Å². The molecule has 1 aliphatic heterocycles. The molecule has 3 heterocycles. The first-order chi connectivity index (χ1) is 11.3. The average Bonchev–Trinajstić information content (AvgIpc) is 3.08. The number of nitrogens with zero attached hydrogens (tertiary/aromatic N) is 5. The van der Waals surface area contributed by atoms with Crippen LogP contribution in [0.5, 0.6) is 0 Å². The molecule has 0 radical (unpaired) electrons. The normalized spacial score (nSPS) is 18.0. The molecule has 1 N–H and O–H groups in total. The molecule has 7 nitrogen and oxygen atoms in total. The van der Waals surface area contributed by atoms with Gasteiger partial charge in [0.15, 0.2) is 0 Å². The van der Waals surface area contributed by atoms with Crippen molar-refractivity contribution in [1.29, 1.82) is 0 Å². The number of hydrogen-bond acceptors (Lipinski definition) is 5. The Hall–Kier alpha value is -2.44. The summed E-state index contributed by atoms with van der Waals surface area (Å²) in [6.07, 6.45) is 9.92. The van der Waals surface area contributed by atoms with Crippen molar-refractivity contribution in [3.8, 4) is 0 Å². The first-order valence-corrected chi connectivity index (χ1v) is 7.99. The van der Waals surface area contributed by atoms with Gasteiger partial charge in [-0.2, -0.15) is 5.10 Å². The van der Waals surface area contributed by atoms with E-state index in [-0.39, 0.29) is 5.91 Å². The fraction of sp³-hybridized carbons (Fsp3) is 0.500. The molecule has 1 saturated heterocycles. The van der Waals surface area contributed by atoms with E-state index in [0.29, 0.717) is 12.5 Å². The molecule has 0 saturated carbocycles. The molecule has 1 aliphatic rings. The van der Waals surface area contributed by atoms with Crippen LogP contribution < -0.4 is 5.32 Å². The zero-order valence-electron chi connectivity index (χ0n) is 13.4. The van der Waals surface area contributed by atoms with Gasteiger partial charge in [-0.3, -0.25) is 14.5 Å². The number of piperidine rings is 1. The second-order valence-corrected chi connectivity index (χ2v) is 5.86. The van der Waals surface area contributed by atoms with Gasteiger partial charge >= 0.3 is 0 Å². The quantitative estimate of drug-likeness (QED) is 0.897. The highest BCUT2D eigenvalue weighted by Crippen LogP contribution is 2.22. The SMILES string of the molecule is CNc1nccnc1C[C@H]1CCCN(C(=O)Cn2cccn2)C1. The van der Waals surface area contributed by atoms with Crippen LogP contribution in [0.25, 0.3) is 0 Å². The molecule has 0 unspecified atom stereocenters. The molecule has 122 valence electrons. The second-order valence-electron chi connectivity index (χ2n) is 5.86. The summed E-state index contributed by atoms with van der Waals surface area (Å²) in [4.78, 5) is 23.1. The molecule has 0 bridgehead atoms. The van der Waals surface area contributed by atoms with Crippen LogP contribution in [0, 0.1) is 5.92 Å². The van der Waals surface area contributed by atoms with Gasteiger partial charge in [-0.05, 0) is 31.2 Å². The van der Waals surface area contributed by atoms with E-state index in [0.717, 1.165) is 43.9 Å². The summed E-state index contributed by atoms with van der Waals surface area (Å²) in [6.45, 7) is 1.92. The van der Waals surface area contributed by atoms with E-state index < -0.39 is 0 Å². The van der Waals surface area contributed by atoms with Crippen LogP contribution in [-0.2, 0) is 17.8 Å². The van der Waals surface area contributed by atoms with Gasteiger partial charge in [0.1, 0.15) is 12.4 Å². The van der Waals surface area contributed by atoms with Gasteiger partial charge in [-0.1, -0.05) is 0 Å². The highest BCUT2D eigenvalue weighted by molar-refractivity contribution is 5.76. The summed E-state index contributed by atoms with van der Waals surface area (Å²) in [5.74, 6) is 1.38. The van der Waals surface area contributed by atoms with E-state index in [1.165, 1.54) is 0 Å². The summed E-state index contributed by atoms with van der Waals surface area (Å²) in [5, 5.41) is 7.19. The predicted molar refractivity (Wildman–Crippen MR) is 86.8 cm³/mol. The third-order valence-electron chi connectivity index (χ3n) is 4.22. The number of hydrogen-bond donors (Lipinski definition) is 1. The van der Waals surface area contributed by atoms with Crippen LogP contribution in [-0.4, -0.2) is 50.7 Å². The third-order valence-corrected chi connectivity index (χ3v) is 4.22. The maximum absolute atomic E-state index is 12.4. The van der Waals surface area contributed by atoms with E-state index in [1.807, 2.05) is 24.2 Å². The van der Waals surface area contributed by atoms with E-state index in [4.69, 9.17) is 0 Å². The first kappa shape index (κ1) is 15.5. The number of likely N-dealkylation sites (tertiary alicyclic amines) is 1. The van der Waals surface area contributed by atoms with Gasteiger partial charge in [-0.25, -0.2) is 4.98 Å². The van der Waals surface area contributed by atoms with E-state index >= 15 is 0 Å². The van der Waals surface area contributed by atoms with Gasteiger partial charge < -0.3 is 10.2 Å². The molecule has 23 heavy (non-hydrogen) atoms. The number of carbonyl (C=O) groups is 1. The lowest BCUT2D eigenvalue weighted by atomic mass is 9.93. The van der Waals surface area contributed by atoms with Crippen molar-refractivity contribution < 1.29 is 4.79 Å². The van der Waals surface area contributed by atoms with Gasteiger partial charge in [0.25, 0.3) is 0 Å². The Kier molecular flexibility index (Phi) is 4.85. The molecule has 2 aromatic heterocycles. The Balaban J connectivity index is 1.60. The largest absolute Gasteiger partial charge is 0.372 e. The van der Waals surface area contributed by atoms with Crippen molar-refractivity contribution in [2.24, 2.45) is 5.92 Å². The number of amides is 1. The fourth-order valence-corrected chi connectivity index (χ4v) is 3.09. The van der Waals surface area contributed by atoms with Gasteiger partial charge in [-0.15, -0.1) is 0 Å². The summed E-state index contributed by atoms with van der Waals surface area (Å²) in [5.41, 5.74) is 0.973. The fourth-order valence-electron chi connectivity index (χ4n) is 3.09. The van der Waals surface area contributed by atoms with Crippen LogP contribution in [0.1, 0.15) is 18.5 Å². The number of anilines is 1. The minimum absolute atomic E-state index is 0.131. The number of rotatable bonds is 5. The Bertz CT molecular complexity index is 642. The standard InChI is InChI=1S/C16H22N6O/c1-17-16-14(18-6-7-19-16)10-13-4-2-8-21(11-13)15(23)12-22-9-3-5-20-22/h3,5-7,9,13H,2,4,8,10-12H2,1H3,(H,17,19)/t13-/m1/s1.